The molecule has 0 aliphatic heterocycles. The van der Waals surface area contributed by atoms with Crippen molar-refractivity contribution in [3.05, 3.63) is 142 Å². The van der Waals surface area contributed by atoms with Gasteiger partial charge in [0.15, 0.2) is 0 Å². The van der Waals surface area contributed by atoms with Crippen LogP contribution in [-0.4, -0.2) is 13.1 Å². The zero-order chi connectivity index (χ0) is 21.4. The van der Waals surface area contributed by atoms with E-state index in [9.17, 15) is 0 Å². The maximum atomic E-state index is 3.91. The van der Waals surface area contributed by atoms with Gasteiger partial charge in [-0.3, -0.25) is 5.32 Å². The second-order valence-electron chi connectivity index (χ2n) is 7.58. The molecule has 0 fully saturated rings. The van der Waals surface area contributed by atoms with Crippen LogP contribution in [0, 0.1) is 0 Å². The number of benzene rings is 4. The van der Waals surface area contributed by atoms with Crippen LogP contribution >= 0.6 is 15.9 Å². The monoisotopic (exact) mass is 470 g/mol. The van der Waals surface area contributed by atoms with Crippen LogP contribution in [-0.2, 0) is 12.1 Å². The van der Waals surface area contributed by atoms with Gasteiger partial charge in [-0.15, -0.1) is 0 Å². The molecule has 0 spiro atoms. The van der Waals surface area contributed by atoms with E-state index in [1.807, 2.05) is 0 Å². The topological polar surface area (TPSA) is 24.1 Å². The molecular formula is C28H27BrN2. The summed E-state index contributed by atoms with van der Waals surface area (Å²) >= 11 is 3.50. The van der Waals surface area contributed by atoms with E-state index in [1.54, 1.807) is 0 Å². The van der Waals surface area contributed by atoms with Crippen molar-refractivity contribution in [2.24, 2.45) is 0 Å². The predicted octanol–water partition coefficient (Wildman–Crippen LogP) is 6.12. The highest BCUT2D eigenvalue weighted by molar-refractivity contribution is 9.10. The molecule has 0 atom stereocenters. The Bertz CT molecular complexity index is 952. The largest absolute Gasteiger partial charge is 0.311 e. The molecule has 0 aliphatic carbocycles. The highest BCUT2D eigenvalue weighted by Crippen LogP contribution is 2.36. The van der Waals surface area contributed by atoms with Crippen LogP contribution in [0.15, 0.2) is 120 Å². The molecule has 2 nitrogen and oxygen atoms in total. The standard InChI is InChI=1S/C28H27BrN2/c29-27-18-16-23(17-19-27)22-30-20-21-31-28(24-10-4-1-5-11-24,25-12-6-2-7-13-25)26-14-8-3-9-15-26/h1-19,30-31H,20-22H2. The van der Waals surface area contributed by atoms with Crippen molar-refractivity contribution in [1.29, 1.82) is 0 Å². The minimum atomic E-state index is -0.414. The average Bonchev–Trinajstić information content (AvgIpc) is 2.84. The average molecular weight is 471 g/mol. The lowest BCUT2D eigenvalue weighted by Crippen LogP contribution is -2.47. The SMILES string of the molecule is Brc1ccc(CNCCNC(c2ccccc2)(c2ccccc2)c2ccccc2)cc1. The third kappa shape index (κ3) is 5.13. The summed E-state index contributed by atoms with van der Waals surface area (Å²) in [7, 11) is 0. The first-order valence-electron chi connectivity index (χ1n) is 10.7. The second kappa shape index (κ2) is 10.5. The molecule has 0 saturated carbocycles. The van der Waals surface area contributed by atoms with Gasteiger partial charge in [-0.2, -0.15) is 0 Å². The van der Waals surface area contributed by atoms with Crippen LogP contribution < -0.4 is 10.6 Å². The summed E-state index contributed by atoms with van der Waals surface area (Å²) in [6, 6.07) is 40.6. The van der Waals surface area contributed by atoms with Crippen molar-refractivity contribution >= 4 is 15.9 Å². The number of hydrogen-bond donors (Lipinski definition) is 2. The molecule has 0 heterocycles. The Labute approximate surface area is 193 Å². The lowest BCUT2D eigenvalue weighted by Gasteiger charge is -2.37. The molecule has 3 heteroatoms. The first-order valence-corrected chi connectivity index (χ1v) is 11.4. The molecule has 0 aliphatic rings. The maximum absolute atomic E-state index is 3.91. The zero-order valence-corrected chi connectivity index (χ0v) is 19.1. The Hall–Kier alpha value is -2.72. The quantitative estimate of drug-likeness (QED) is 0.227. The Morgan fingerprint density at radius 1 is 0.548 bits per heavy atom. The normalized spacial score (nSPS) is 11.4. The minimum Gasteiger partial charge on any atom is -0.311 e. The Kier molecular flexibility index (Phi) is 7.31. The summed E-state index contributed by atoms with van der Waals surface area (Å²) < 4.78 is 1.11. The Morgan fingerprint density at radius 2 is 1.00 bits per heavy atom. The van der Waals surface area contributed by atoms with E-state index in [4.69, 9.17) is 0 Å². The molecule has 0 bridgehead atoms. The molecule has 0 radical (unpaired) electrons. The summed E-state index contributed by atoms with van der Waals surface area (Å²) in [5.74, 6) is 0. The van der Waals surface area contributed by atoms with Gasteiger partial charge in [0.2, 0.25) is 0 Å². The van der Waals surface area contributed by atoms with Gasteiger partial charge in [-0.25, -0.2) is 0 Å². The van der Waals surface area contributed by atoms with Gasteiger partial charge in [0, 0.05) is 24.1 Å². The molecule has 0 unspecified atom stereocenters. The molecule has 0 aromatic heterocycles. The zero-order valence-electron chi connectivity index (χ0n) is 17.5. The minimum absolute atomic E-state index is 0.414. The van der Waals surface area contributed by atoms with Crippen molar-refractivity contribution in [2.75, 3.05) is 13.1 Å². The van der Waals surface area contributed by atoms with Crippen molar-refractivity contribution in [1.82, 2.24) is 10.6 Å². The van der Waals surface area contributed by atoms with E-state index >= 15 is 0 Å². The van der Waals surface area contributed by atoms with E-state index in [0.717, 1.165) is 24.1 Å². The van der Waals surface area contributed by atoms with E-state index in [1.165, 1.54) is 22.3 Å². The van der Waals surface area contributed by atoms with Gasteiger partial charge in [0.25, 0.3) is 0 Å². The van der Waals surface area contributed by atoms with Gasteiger partial charge in [0.1, 0.15) is 0 Å². The number of hydrogen-bond acceptors (Lipinski definition) is 2. The number of halogens is 1. The lowest BCUT2D eigenvalue weighted by molar-refractivity contribution is 0.463. The van der Waals surface area contributed by atoms with Gasteiger partial charge in [-0.05, 0) is 34.4 Å². The Balaban J connectivity index is 1.58. The predicted molar refractivity (Wildman–Crippen MR) is 133 cm³/mol. The molecule has 4 rings (SSSR count). The Morgan fingerprint density at radius 3 is 1.45 bits per heavy atom. The molecule has 0 saturated heterocycles. The van der Waals surface area contributed by atoms with Crippen LogP contribution in [0.2, 0.25) is 0 Å². The van der Waals surface area contributed by atoms with Crippen LogP contribution in [0.4, 0.5) is 0 Å². The fourth-order valence-corrected chi connectivity index (χ4v) is 4.31. The fraction of sp³-hybridized carbons (Fsp3) is 0.143. The summed E-state index contributed by atoms with van der Waals surface area (Å²) in [6.07, 6.45) is 0. The smallest absolute Gasteiger partial charge is 0.0948 e. The van der Waals surface area contributed by atoms with Crippen molar-refractivity contribution in [3.63, 3.8) is 0 Å². The van der Waals surface area contributed by atoms with Crippen LogP contribution in [0.3, 0.4) is 0 Å². The first-order chi connectivity index (χ1) is 15.3. The van der Waals surface area contributed by atoms with Crippen LogP contribution in [0.1, 0.15) is 22.3 Å². The fourth-order valence-electron chi connectivity index (χ4n) is 4.04. The third-order valence-corrected chi connectivity index (χ3v) is 6.08. The van der Waals surface area contributed by atoms with E-state index in [2.05, 4.69) is 142 Å². The molecule has 4 aromatic rings. The first kappa shape index (κ1) is 21.5. The molecule has 2 N–H and O–H groups in total. The second-order valence-corrected chi connectivity index (χ2v) is 8.49. The van der Waals surface area contributed by atoms with Crippen LogP contribution in [0.25, 0.3) is 0 Å². The molecule has 156 valence electrons. The molecular weight excluding hydrogens is 444 g/mol. The lowest BCUT2D eigenvalue weighted by atomic mass is 9.77. The summed E-state index contributed by atoms with van der Waals surface area (Å²) in [6.45, 7) is 2.55. The maximum Gasteiger partial charge on any atom is 0.0948 e. The summed E-state index contributed by atoms with van der Waals surface area (Å²) in [5.41, 5.74) is 4.58. The molecule has 0 amide bonds. The van der Waals surface area contributed by atoms with Gasteiger partial charge in [-0.1, -0.05) is 119 Å². The van der Waals surface area contributed by atoms with E-state index < -0.39 is 5.54 Å². The van der Waals surface area contributed by atoms with Gasteiger partial charge >= 0.3 is 0 Å². The van der Waals surface area contributed by atoms with E-state index in [-0.39, 0.29) is 0 Å². The molecule has 4 aromatic carbocycles. The van der Waals surface area contributed by atoms with Crippen LogP contribution in [0.5, 0.6) is 0 Å². The number of rotatable bonds is 9. The highest BCUT2D eigenvalue weighted by atomic mass is 79.9. The molecule has 31 heavy (non-hydrogen) atoms. The van der Waals surface area contributed by atoms with E-state index in [0.29, 0.717) is 0 Å². The highest BCUT2D eigenvalue weighted by Gasteiger charge is 2.35. The van der Waals surface area contributed by atoms with Crippen molar-refractivity contribution < 1.29 is 0 Å². The van der Waals surface area contributed by atoms with Gasteiger partial charge < -0.3 is 5.32 Å². The third-order valence-electron chi connectivity index (χ3n) is 5.55. The van der Waals surface area contributed by atoms with Crippen molar-refractivity contribution in [2.45, 2.75) is 12.1 Å². The summed E-state index contributed by atoms with van der Waals surface area (Å²) in [4.78, 5) is 0. The number of nitrogens with one attached hydrogen (secondary N) is 2. The summed E-state index contributed by atoms with van der Waals surface area (Å²) in [5, 5.41) is 7.48. The van der Waals surface area contributed by atoms with Gasteiger partial charge in [0.05, 0.1) is 5.54 Å². The van der Waals surface area contributed by atoms with Crippen molar-refractivity contribution in [3.8, 4) is 0 Å².